The van der Waals surface area contributed by atoms with E-state index in [1.165, 1.54) is 0 Å². The van der Waals surface area contributed by atoms with Crippen molar-refractivity contribution in [3.63, 3.8) is 0 Å². The van der Waals surface area contributed by atoms with Crippen molar-refractivity contribution in [3.8, 4) is 11.1 Å². The summed E-state index contributed by atoms with van der Waals surface area (Å²) in [7, 11) is -2.22. The molecular weight excluding hydrogens is 751 g/mol. The first-order valence-electron chi connectivity index (χ1n) is 20.0. The number of benzene rings is 5. The van der Waals surface area contributed by atoms with Crippen molar-refractivity contribution in [3.05, 3.63) is 161 Å². The standard InChI is InChI=1S/C47H53N3O7S/c1-33-14-24-42(25-15-33)58(53,54)49-44(27-34-9-4-3-5-10-34)46(52)48-29-39-11-6-7-13-43(39)36-20-22-38(23-21-36)47-56-41(30-50-26-8-12-40(50)32-55-2)28-45(57-47)37-18-16-35(31-51)17-19-37/h3-7,9-11,13-25,40-41,44-45,47,49,51H,8,12,26-32H2,1-2H3,(H,48,52)/t40-,41+,44+,45-,47-/m0/s1. The van der Waals surface area contributed by atoms with E-state index in [1.807, 2.05) is 110 Å². The molecule has 2 fully saturated rings. The van der Waals surface area contributed by atoms with E-state index in [9.17, 15) is 18.3 Å². The molecule has 304 valence electrons. The Kier molecular flexibility index (Phi) is 13.8. The molecule has 5 atom stereocenters. The highest BCUT2D eigenvalue weighted by atomic mass is 32.2. The molecule has 0 unspecified atom stereocenters. The molecule has 2 saturated heterocycles. The van der Waals surface area contributed by atoms with E-state index in [1.54, 1.807) is 31.4 Å². The van der Waals surface area contributed by atoms with Gasteiger partial charge in [-0.15, -0.1) is 0 Å². The van der Waals surface area contributed by atoms with Crippen LogP contribution in [0.2, 0.25) is 0 Å². The monoisotopic (exact) mass is 803 g/mol. The van der Waals surface area contributed by atoms with Gasteiger partial charge in [0.2, 0.25) is 15.9 Å². The third-order valence-electron chi connectivity index (χ3n) is 11.1. The molecule has 0 aromatic heterocycles. The third-order valence-corrected chi connectivity index (χ3v) is 12.6. The lowest BCUT2D eigenvalue weighted by Gasteiger charge is -2.38. The fraction of sp³-hybridized carbons (Fsp3) is 0.340. The number of hydrogen-bond donors (Lipinski definition) is 3. The summed E-state index contributed by atoms with van der Waals surface area (Å²) in [6.07, 6.45) is 2.32. The summed E-state index contributed by atoms with van der Waals surface area (Å²) >= 11 is 0. The van der Waals surface area contributed by atoms with Gasteiger partial charge in [-0.2, -0.15) is 4.72 Å². The van der Waals surface area contributed by atoms with E-state index in [2.05, 4.69) is 14.9 Å². The molecule has 7 rings (SSSR count). The number of amides is 1. The van der Waals surface area contributed by atoms with Crippen molar-refractivity contribution in [2.45, 2.75) is 81.2 Å². The van der Waals surface area contributed by atoms with Gasteiger partial charge in [0, 0.05) is 38.2 Å². The Balaban J connectivity index is 1.07. The van der Waals surface area contributed by atoms with E-state index in [0.717, 1.165) is 70.4 Å². The van der Waals surface area contributed by atoms with E-state index >= 15 is 0 Å². The molecule has 5 aromatic rings. The van der Waals surface area contributed by atoms with Crippen LogP contribution in [0.5, 0.6) is 0 Å². The summed E-state index contributed by atoms with van der Waals surface area (Å²) in [6, 6.07) is 39.2. The van der Waals surface area contributed by atoms with Crippen LogP contribution in [0, 0.1) is 6.92 Å². The van der Waals surface area contributed by atoms with E-state index in [0.29, 0.717) is 19.1 Å². The molecule has 3 N–H and O–H groups in total. The quantitative estimate of drug-likeness (QED) is 0.0973. The number of aliphatic hydroxyl groups is 1. The smallest absolute Gasteiger partial charge is 0.241 e. The molecule has 0 bridgehead atoms. The highest BCUT2D eigenvalue weighted by Gasteiger charge is 2.35. The lowest BCUT2D eigenvalue weighted by atomic mass is 9.97. The van der Waals surface area contributed by atoms with Crippen LogP contribution in [-0.4, -0.2) is 69.3 Å². The number of ether oxygens (including phenoxy) is 3. The summed E-state index contributed by atoms with van der Waals surface area (Å²) in [6.45, 7) is 4.58. The molecule has 58 heavy (non-hydrogen) atoms. The number of nitrogens with one attached hydrogen (secondary N) is 2. The van der Waals surface area contributed by atoms with Crippen molar-refractivity contribution in [1.82, 2.24) is 14.9 Å². The minimum Gasteiger partial charge on any atom is -0.392 e. The van der Waals surface area contributed by atoms with Gasteiger partial charge in [0.05, 0.1) is 30.3 Å². The molecule has 2 aliphatic heterocycles. The highest BCUT2D eigenvalue weighted by molar-refractivity contribution is 7.89. The van der Waals surface area contributed by atoms with Crippen LogP contribution < -0.4 is 10.0 Å². The first kappa shape index (κ1) is 41.4. The lowest BCUT2D eigenvalue weighted by molar-refractivity contribution is -0.253. The Morgan fingerprint density at radius 3 is 2.29 bits per heavy atom. The van der Waals surface area contributed by atoms with Gasteiger partial charge in [0.1, 0.15) is 6.04 Å². The molecule has 2 aliphatic rings. The van der Waals surface area contributed by atoms with Crippen LogP contribution in [0.3, 0.4) is 0 Å². The van der Waals surface area contributed by atoms with Gasteiger partial charge < -0.3 is 24.6 Å². The first-order chi connectivity index (χ1) is 28.2. The Hall–Kier alpha value is -4.72. The number of hydrogen-bond acceptors (Lipinski definition) is 8. The molecule has 2 heterocycles. The second-order valence-electron chi connectivity index (χ2n) is 15.3. The summed E-state index contributed by atoms with van der Waals surface area (Å²) in [4.78, 5) is 16.4. The predicted octanol–water partition coefficient (Wildman–Crippen LogP) is 7.02. The van der Waals surface area contributed by atoms with Gasteiger partial charge in [-0.1, -0.05) is 121 Å². The SMILES string of the molecule is COC[C@@H]1CCCN1C[C@H]1C[C@@H](c2ccc(CO)cc2)O[C@@H](c2ccc(-c3ccccc3CNC(=O)[C@@H](Cc3ccccc3)NS(=O)(=O)c3ccc(C)cc3)cc2)O1. The average Bonchev–Trinajstić information content (AvgIpc) is 3.69. The van der Waals surface area contributed by atoms with Crippen LogP contribution in [0.15, 0.2) is 132 Å². The summed E-state index contributed by atoms with van der Waals surface area (Å²) < 4.78 is 48.4. The van der Waals surface area contributed by atoms with Gasteiger partial charge >= 0.3 is 0 Å². The number of carbonyl (C=O) groups excluding carboxylic acids is 1. The summed E-state index contributed by atoms with van der Waals surface area (Å²) in [5, 5.41) is 12.6. The van der Waals surface area contributed by atoms with Gasteiger partial charge in [-0.25, -0.2) is 8.42 Å². The zero-order chi connectivity index (χ0) is 40.5. The predicted molar refractivity (Wildman–Crippen MR) is 224 cm³/mol. The number of likely N-dealkylation sites (tertiary alicyclic amines) is 1. The Bertz CT molecular complexity index is 2200. The van der Waals surface area contributed by atoms with Crippen molar-refractivity contribution < 1.29 is 32.5 Å². The average molecular weight is 804 g/mol. The molecule has 0 saturated carbocycles. The topological polar surface area (TPSA) is 126 Å². The van der Waals surface area contributed by atoms with E-state index in [-0.39, 0.29) is 36.7 Å². The molecule has 5 aromatic carbocycles. The normalized spacial score (nSPS) is 20.5. The number of rotatable bonds is 16. The number of aliphatic hydroxyl groups excluding tert-OH is 1. The second-order valence-corrected chi connectivity index (χ2v) is 17.0. The molecule has 0 aliphatic carbocycles. The van der Waals surface area contributed by atoms with Gasteiger partial charge in [0.15, 0.2) is 6.29 Å². The fourth-order valence-electron chi connectivity index (χ4n) is 7.90. The molecule has 0 radical (unpaired) electrons. The first-order valence-corrected chi connectivity index (χ1v) is 21.5. The number of methoxy groups -OCH3 is 1. The second kappa shape index (κ2) is 19.4. The molecule has 0 spiro atoms. The maximum Gasteiger partial charge on any atom is 0.241 e. The van der Waals surface area contributed by atoms with Crippen LogP contribution in [0.1, 0.15) is 65.0 Å². The van der Waals surface area contributed by atoms with E-state index < -0.39 is 28.3 Å². The molecule has 1 amide bonds. The Morgan fingerprint density at radius 2 is 1.57 bits per heavy atom. The molecule has 10 nitrogen and oxygen atoms in total. The van der Waals surface area contributed by atoms with Crippen molar-refractivity contribution in [2.75, 3.05) is 26.8 Å². The van der Waals surface area contributed by atoms with Crippen molar-refractivity contribution in [1.29, 1.82) is 0 Å². The largest absolute Gasteiger partial charge is 0.392 e. The zero-order valence-corrected chi connectivity index (χ0v) is 33.9. The number of carbonyl (C=O) groups is 1. The van der Waals surface area contributed by atoms with Crippen molar-refractivity contribution >= 4 is 15.9 Å². The minimum atomic E-state index is -3.97. The van der Waals surface area contributed by atoms with E-state index in [4.69, 9.17) is 14.2 Å². The number of sulfonamides is 1. The summed E-state index contributed by atoms with van der Waals surface area (Å²) in [5.74, 6) is -0.422. The van der Waals surface area contributed by atoms with Gasteiger partial charge in [-0.05, 0) is 78.2 Å². The Morgan fingerprint density at radius 1 is 0.862 bits per heavy atom. The number of aryl methyl sites for hydroxylation is 1. The number of nitrogens with zero attached hydrogens (tertiary/aromatic N) is 1. The van der Waals surface area contributed by atoms with Crippen LogP contribution in [-0.2, 0) is 48.6 Å². The molecule has 11 heteroatoms. The van der Waals surface area contributed by atoms with Crippen LogP contribution in [0.4, 0.5) is 0 Å². The molecular formula is C47H53N3O7S. The maximum atomic E-state index is 13.8. The zero-order valence-electron chi connectivity index (χ0n) is 33.1. The van der Waals surface area contributed by atoms with Crippen LogP contribution in [0.25, 0.3) is 11.1 Å². The van der Waals surface area contributed by atoms with Crippen LogP contribution >= 0.6 is 0 Å². The lowest BCUT2D eigenvalue weighted by Crippen LogP contribution is -2.47. The van der Waals surface area contributed by atoms with Crippen molar-refractivity contribution in [2.24, 2.45) is 0 Å². The minimum absolute atomic E-state index is 0.0112. The third kappa shape index (κ3) is 10.5. The Labute approximate surface area is 342 Å². The fourth-order valence-corrected chi connectivity index (χ4v) is 9.10. The summed E-state index contributed by atoms with van der Waals surface area (Å²) in [5.41, 5.74) is 7.36. The highest BCUT2D eigenvalue weighted by Crippen LogP contribution is 2.39. The maximum absolute atomic E-state index is 13.8. The van der Waals surface area contributed by atoms with Gasteiger partial charge in [-0.3, -0.25) is 9.69 Å². The van der Waals surface area contributed by atoms with Gasteiger partial charge in [0.25, 0.3) is 0 Å².